The third-order valence-electron chi connectivity index (χ3n) is 5.74. The molecule has 2 aromatic heterocycles. The lowest BCUT2D eigenvalue weighted by molar-refractivity contribution is -0.125. The molecule has 0 bridgehead atoms. The number of rotatable bonds is 8. The molecule has 1 saturated carbocycles. The Morgan fingerprint density at radius 1 is 1.32 bits per heavy atom. The van der Waals surface area contributed by atoms with Crippen LogP contribution in [-0.4, -0.2) is 65.6 Å². The summed E-state index contributed by atoms with van der Waals surface area (Å²) >= 11 is 0. The number of hydrogen-bond donors (Lipinski definition) is 3. The second kappa shape index (κ2) is 9.52. The van der Waals surface area contributed by atoms with E-state index in [0.29, 0.717) is 18.1 Å². The summed E-state index contributed by atoms with van der Waals surface area (Å²) in [5.41, 5.74) is 5.46. The topological polar surface area (TPSA) is 112 Å². The van der Waals surface area contributed by atoms with Gasteiger partial charge < -0.3 is 25.4 Å². The molecular weight excluding hydrogens is 432 g/mol. The van der Waals surface area contributed by atoms with Crippen molar-refractivity contribution < 1.29 is 14.6 Å². The van der Waals surface area contributed by atoms with Crippen LogP contribution in [0.3, 0.4) is 0 Å². The lowest BCUT2D eigenvalue weighted by Crippen LogP contribution is -2.39. The van der Waals surface area contributed by atoms with E-state index in [0.717, 1.165) is 41.0 Å². The van der Waals surface area contributed by atoms with Gasteiger partial charge in [0.05, 0.1) is 34.7 Å². The van der Waals surface area contributed by atoms with Crippen molar-refractivity contribution in [2.75, 3.05) is 32.6 Å². The highest BCUT2D eigenvalue weighted by Crippen LogP contribution is 2.45. The number of nitrogens with zero attached hydrogens (tertiary/aromatic N) is 4. The van der Waals surface area contributed by atoms with E-state index in [1.165, 1.54) is 12.7 Å². The summed E-state index contributed by atoms with van der Waals surface area (Å²) in [6, 6.07) is 5.56. The molecular formula is C25H32N6O3. The average Bonchev–Trinajstić information content (AvgIpc) is 3.62. The normalized spacial score (nSPS) is 15.8. The molecule has 9 heteroatoms. The Balaban J connectivity index is 1.69. The zero-order valence-electron chi connectivity index (χ0n) is 20.3. The van der Waals surface area contributed by atoms with E-state index in [9.17, 15) is 9.90 Å². The number of anilines is 1. The molecule has 1 amide bonds. The van der Waals surface area contributed by atoms with Crippen LogP contribution in [0.1, 0.15) is 44.9 Å². The van der Waals surface area contributed by atoms with E-state index in [2.05, 4.69) is 20.6 Å². The van der Waals surface area contributed by atoms with E-state index >= 15 is 0 Å². The number of allylic oxidation sites excluding steroid dienone is 1. The molecule has 0 saturated heterocycles. The molecule has 0 spiro atoms. The van der Waals surface area contributed by atoms with Gasteiger partial charge in [-0.1, -0.05) is 0 Å². The standard InChI is InChI=1S/C25H32N6O3/c1-15(29-21(32)13-34-5)11-27-24-22-19(28-14-31(4)23(22)16-6-7-16)10-18(30-24)17-8-9-20(26-12-17)25(2,3)33/h8-10,12,14-15,33H,6-7,11,13H2,1-5H3,(H,27,30)(H,29,32). The fraction of sp³-hybridized carbons (Fsp3) is 0.440. The van der Waals surface area contributed by atoms with E-state index in [1.807, 2.05) is 43.4 Å². The third kappa shape index (κ3) is 5.26. The summed E-state index contributed by atoms with van der Waals surface area (Å²) in [6.07, 6.45) is 5.69. The number of aliphatic imine (C=N–C) groups is 1. The van der Waals surface area contributed by atoms with Crippen molar-refractivity contribution in [2.24, 2.45) is 4.99 Å². The van der Waals surface area contributed by atoms with Crippen molar-refractivity contribution in [1.29, 1.82) is 0 Å². The SMILES string of the molecule is COCC(=O)NC(C)CNc1nc(-c2ccc(C(C)(C)O)nc2)cc2c1C(=C1CC1)N(C)C=N2. The van der Waals surface area contributed by atoms with Gasteiger partial charge in [0.2, 0.25) is 5.91 Å². The van der Waals surface area contributed by atoms with E-state index < -0.39 is 5.60 Å². The number of aliphatic hydroxyl groups is 1. The largest absolute Gasteiger partial charge is 0.384 e. The minimum atomic E-state index is -1.02. The Bertz CT molecular complexity index is 1130. The van der Waals surface area contributed by atoms with Gasteiger partial charge in [-0.15, -0.1) is 0 Å². The summed E-state index contributed by atoms with van der Waals surface area (Å²) in [6.45, 7) is 5.86. The van der Waals surface area contributed by atoms with Crippen molar-refractivity contribution in [3.05, 3.63) is 41.2 Å². The number of methoxy groups -OCH3 is 1. The van der Waals surface area contributed by atoms with Gasteiger partial charge in [0.1, 0.15) is 18.0 Å². The highest BCUT2D eigenvalue weighted by atomic mass is 16.5. The molecule has 180 valence electrons. The van der Waals surface area contributed by atoms with Gasteiger partial charge in [-0.3, -0.25) is 9.78 Å². The number of carbonyl (C=O) groups is 1. The maximum absolute atomic E-state index is 11.9. The molecule has 1 fully saturated rings. The smallest absolute Gasteiger partial charge is 0.246 e. The predicted octanol–water partition coefficient (Wildman–Crippen LogP) is 3.04. The van der Waals surface area contributed by atoms with Gasteiger partial charge in [-0.25, -0.2) is 9.98 Å². The van der Waals surface area contributed by atoms with Gasteiger partial charge in [0.25, 0.3) is 0 Å². The first kappa shape index (κ1) is 23.8. The van der Waals surface area contributed by atoms with Crippen LogP contribution in [0.2, 0.25) is 0 Å². The molecule has 3 heterocycles. The van der Waals surface area contributed by atoms with Gasteiger partial charge in [0, 0.05) is 38.5 Å². The number of carbonyl (C=O) groups excluding carboxylic acids is 1. The van der Waals surface area contributed by atoms with Gasteiger partial charge in [-0.2, -0.15) is 0 Å². The first-order valence-corrected chi connectivity index (χ1v) is 11.4. The summed E-state index contributed by atoms with van der Waals surface area (Å²) in [4.78, 5) is 28.0. The van der Waals surface area contributed by atoms with Crippen LogP contribution in [0.25, 0.3) is 17.0 Å². The molecule has 34 heavy (non-hydrogen) atoms. The minimum Gasteiger partial charge on any atom is -0.384 e. The summed E-state index contributed by atoms with van der Waals surface area (Å²) in [7, 11) is 3.49. The highest BCUT2D eigenvalue weighted by molar-refractivity contribution is 5.94. The monoisotopic (exact) mass is 464 g/mol. The fourth-order valence-corrected chi connectivity index (χ4v) is 3.91. The summed E-state index contributed by atoms with van der Waals surface area (Å²) < 4.78 is 4.90. The Hall–Kier alpha value is -3.30. The average molecular weight is 465 g/mol. The molecule has 4 rings (SSSR count). The Labute approximate surface area is 200 Å². The summed E-state index contributed by atoms with van der Waals surface area (Å²) in [5, 5.41) is 16.6. The summed E-state index contributed by atoms with van der Waals surface area (Å²) in [5.74, 6) is 0.550. The van der Waals surface area contributed by atoms with Crippen LogP contribution in [0.5, 0.6) is 0 Å². The number of ether oxygens (including phenoxy) is 1. The zero-order chi connectivity index (χ0) is 24.5. The van der Waals surface area contributed by atoms with E-state index in [-0.39, 0.29) is 18.6 Å². The second-order valence-electron chi connectivity index (χ2n) is 9.33. The Morgan fingerprint density at radius 2 is 2.09 bits per heavy atom. The van der Waals surface area contributed by atoms with Crippen LogP contribution < -0.4 is 10.6 Å². The highest BCUT2D eigenvalue weighted by Gasteiger charge is 2.29. The molecule has 1 atom stereocenters. The zero-order valence-corrected chi connectivity index (χ0v) is 20.3. The molecule has 2 aliphatic rings. The Morgan fingerprint density at radius 3 is 2.71 bits per heavy atom. The van der Waals surface area contributed by atoms with E-state index in [1.54, 1.807) is 20.0 Å². The van der Waals surface area contributed by atoms with Crippen molar-refractivity contribution in [1.82, 2.24) is 20.2 Å². The lowest BCUT2D eigenvalue weighted by atomic mass is 10.0. The number of fused-ring (bicyclic) bond motifs is 1. The maximum atomic E-state index is 11.9. The Kier molecular flexibility index (Phi) is 6.67. The molecule has 1 aliphatic carbocycles. The molecule has 1 aliphatic heterocycles. The minimum absolute atomic E-state index is 0.0247. The predicted molar refractivity (Wildman–Crippen MR) is 133 cm³/mol. The number of pyridine rings is 2. The van der Waals surface area contributed by atoms with Gasteiger partial charge in [0.15, 0.2) is 0 Å². The molecule has 0 aromatic carbocycles. The number of nitrogens with one attached hydrogen (secondary N) is 2. The van der Waals surface area contributed by atoms with E-state index in [4.69, 9.17) is 9.72 Å². The molecule has 1 unspecified atom stereocenters. The van der Waals surface area contributed by atoms with Crippen molar-refractivity contribution in [3.63, 3.8) is 0 Å². The van der Waals surface area contributed by atoms with Crippen LogP contribution in [0.4, 0.5) is 11.5 Å². The molecule has 2 aromatic rings. The molecule has 0 radical (unpaired) electrons. The maximum Gasteiger partial charge on any atom is 0.246 e. The molecule has 3 N–H and O–H groups in total. The van der Waals surface area contributed by atoms with Crippen LogP contribution in [0, 0.1) is 0 Å². The molecule has 9 nitrogen and oxygen atoms in total. The number of amides is 1. The van der Waals surface area contributed by atoms with Crippen LogP contribution >= 0.6 is 0 Å². The fourth-order valence-electron chi connectivity index (χ4n) is 3.91. The number of aromatic nitrogens is 2. The van der Waals surface area contributed by atoms with Crippen molar-refractivity contribution in [2.45, 2.75) is 45.3 Å². The second-order valence-corrected chi connectivity index (χ2v) is 9.33. The first-order chi connectivity index (χ1) is 16.2. The first-order valence-electron chi connectivity index (χ1n) is 11.4. The third-order valence-corrected chi connectivity index (χ3v) is 5.74. The number of hydrogen-bond acceptors (Lipinski definition) is 8. The van der Waals surface area contributed by atoms with Gasteiger partial charge in [-0.05, 0) is 57.4 Å². The van der Waals surface area contributed by atoms with Crippen molar-refractivity contribution in [3.8, 4) is 11.3 Å². The van der Waals surface area contributed by atoms with Crippen molar-refractivity contribution >= 4 is 29.4 Å². The van der Waals surface area contributed by atoms with Crippen LogP contribution in [-0.2, 0) is 15.1 Å². The lowest BCUT2D eigenvalue weighted by Gasteiger charge is -2.27. The quantitative estimate of drug-likeness (QED) is 0.550. The van der Waals surface area contributed by atoms with Crippen LogP contribution in [0.15, 0.2) is 35.0 Å². The van der Waals surface area contributed by atoms with Gasteiger partial charge >= 0.3 is 0 Å².